The summed E-state index contributed by atoms with van der Waals surface area (Å²) in [6, 6.07) is 7.22. The Balaban J connectivity index is 1.79. The van der Waals surface area contributed by atoms with Gasteiger partial charge in [0.15, 0.2) is 0 Å². The minimum atomic E-state index is -0.225. The first-order valence-corrected chi connectivity index (χ1v) is 8.61. The average molecular weight is 372 g/mol. The number of aryl methyl sites for hydroxylation is 1. The lowest BCUT2D eigenvalue weighted by Gasteiger charge is -2.19. The van der Waals surface area contributed by atoms with E-state index in [-0.39, 0.29) is 18.1 Å². The third-order valence-corrected chi connectivity index (χ3v) is 4.01. The fraction of sp³-hybridized carbons (Fsp3) is 0.278. The number of carbonyl (C=O) groups excluding carboxylic acids is 1. The molecule has 26 heavy (non-hydrogen) atoms. The van der Waals surface area contributed by atoms with Gasteiger partial charge in [0.25, 0.3) is 5.91 Å². The molecule has 8 heteroatoms. The van der Waals surface area contributed by atoms with Gasteiger partial charge in [-0.25, -0.2) is 4.98 Å². The van der Waals surface area contributed by atoms with Crippen molar-refractivity contribution in [1.29, 1.82) is 0 Å². The first kappa shape index (κ1) is 18.0. The highest BCUT2D eigenvalue weighted by Crippen LogP contribution is 2.26. The van der Waals surface area contributed by atoms with Gasteiger partial charge >= 0.3 is 0 Å². The minimum Gasteiger partial charge on any atom is -0.419 e. The smallest absolute Gasteiger partial charge is 0.274 e. The van der Waals surface area contributed by atoms with Crippen LogP contribution in [0, 0.1) is 6.92 Å². The average Bonchev–Trinajstić information content (AvgIpc) is 3.10. The number of hydrogen-bond acceptors (Lipinski definition) is 6. The van der Waals surface area contributed by atoms with Crippen LogP contribution in [-0.4, -0.2) is 37.5 Å². The zero-order valence-electron chi connectivity index (χ0n) is 14.5. The lowest BCUT2D eigenvalue weighted by molar-refractivity contribution is 0.0722. The standard InChI is InChI=1S/C18H18ClN5O2/c1-3-8-24(18(25)15-10-20-12(2)9-21-15)11-16-22-23-17(26-16)13-6-4-5-7-14(13)19/h4-7,9-10H,3,8,11H2,1-2H3. The molecule has 1 aromatic carbocycles. The normalized spacial score (nSPS) is 10.7. The van der Waals surface area contributed by atoms with Crippen molar-refractivity contribution in [3.05, 3.63) is 59.0 Å². The lowest BCUT2D eigenvalue weighted by Crippen LogP contribution is -2.32. The first-order valence-electron chi connectivity index (χ1n) is 8.23. The molecule has 0 aliphatic heterocycles. The molecule has 0 N–H and O–H groups in total. The number of carbonyl (C=O) groups is 1. The molecule has 3 aromatic rings. The predicted octanol–water partition coefficient (Wildman–Crippen LogP) is 3.54. The summed E-state index contributed by atoms with van der Waals surface area (Å²) in [6.07, 6.45) is 3.83. The van der Waals surface area contributed by atoms with Crippen molar-refractivity contribution in [1.82, 2.24) is 25.1 Å². The molecular weight excluding hydrogens is 354 g/mol. The maximum Gasteiger partial charge on any atom is 0.274 e. The Kier molecular flexibility index (Phi) is 5.58. The van der Waals surface area contributed by atoms with Gasteiger partial charge in [-0.05, 0) is 25.5 Å². The molecule has 0 saturated carbocycles. The van der Waals surface area contributed by atoms with Crippen molar-refractivity contribution >= 4 is 17.5 Å². The molecule has 7 nitrogen and oxygen atoms in total. The van der Waals surface area contributed by atoms with Crippen LogP contribution in [-0.2, 0) is 6.54 Å². The number of halogens is 1. The lowest BCUT2D eigenvalue weighted by atomic mass is 10.2. The zero-order valence-corrected chi connectivity index (χ0v) is 15.3. The van der Waals surface area contributed by atoms with Gasteiger partial charge in [-0.2, -0.15) is 0 Å². The Morgan fingerprint density at radius 3 is 2.69 bits per heavy atom. The molecule has 0 saturated heterocycles. The van der Waals surface area contributed by atoms with Gasteiger partial charge in [0.1, 0.15) is 5.69 Å². The van der Waals surface area contributed by atoms with Crippen LogP contribution in [0.1, 0.15) is 35.4 Å². The quantitative estimate of drug-likeness (QED) is 0.658. The Morgan fingerprint density at radius 1 is 1.19 bits per heavy atom. The number of hydrogen-bond donors (Lipinski definition) is 0. The number of benzene rings is 1. The van der Waals surface area contributed by atoms with E-state index in [0.717, 1.165) is 12.1 Å². The molecule has 0 unspecified atom stereocenters. The van der Waals surface area contributed by atoms with Crippen LogP contribution in [0.15, 0.2) is 41.1 Å². The second kappa shape index (κ2) is 8.05. The van der Waals surface area contributed by atoms with Gasteiger partial charge in [-0.1, -0.05) is 30.7 Å². The largest absolute Gasteiger partial charge is 0.419 e. The fourth-order valence-corrected chi connectivity index (χ4v) is 2.63. The van der Waals surface area contributed by atoms with Crippen molar-refractivity contribution in [2.24, 2.45) is 0 Å². The summed E-state index contributed by atoms with van der Waals surface area (Å²) < 4.78 is 5.70. The molecule has 0 fully saturated rings. The highest BCUT2D eigenvalue weighted by Gasteiger charge is 2.20. The van der Waals surface area contributed by atoms with E-state index < -0.39 is 0 Å². The van der Waals surface area contributed by atoms with Crippen LogP contribution in [0.5, 0.6) is 0 Å². The molecule has 0 aliphatic rings. The Labute approximate surface area is 156 Å². The molecule has 1 amide bonds. The molecule has 0 radical (unpaired) electrons. The summed E-state index contributed by atoms with van der Waals surface area (Å²) >= 11 is 6.16. The van der Waals surface area contributed by atoms with Crippen molar-refractivity contribution in [2.45, 2.75) is 26.8 Å². The Hall–Kier alpha value is -2.80. The topological polar surface area (TPSA) is 85.0 Å². The maximum absolute atomic E-state index is 12.7. The Bertz CT molecular complexity index is 895. The van der Waals surface area contributed by atoms with Gasteiger partial charge in [-0.15, -0.1) is 10.2 Å². The molecule has 0 bridgehead atoms. The summed E-state index contributed by atoms with van der Waals surface area (Å²) in [5, 5.41) is 8.60. The summed E-state index contributed by atoms with van der Waals surface area (Å²) in [5.41, 5.74) is 1.70. The molecular formula is C18H18ClN5O2. The second-order valence-corrected chi connectivity index (χ2v) is 6.16. The highest BCUT2D eigenvalue weighted by atomic mass is 35.5. The number of aromatic nitrogens is 4. The van der Waals surface area contributed by atoms with E-state index in [2.05, 4.69) is 20.2 Å². The van der Waals surface area contributed by atoms with E-state index in [1.807, 2.05) is 26.0 Å². The molecule has 3 rings (SSSR count). The molecule has 134 valence electrons. The summed E-state index contributed by atoms with van der Waals surface area (Å²) in [6.45, 7) is 4.54. The van der Waals surface area contributed by atoms with Crippen LogP contribution in [0.25, 0.3) is 11.5 Å². The van der Waals surface area contributed by atoms with E-state index in [1.165, 1.54) is 6.20 Å². The van der Waals surface area contributed by atoms with Crippen molar-refractivity contribution in [2.75, 3.05) is 6.54 Å². The van der Waals surface area contributed by atoms with E-state index in [1.54, 1.807) is 23.2 Å². The summed E-state index contributed by atoms with van der Waals surface area (Å²) in [7, 11) is 0. The van der Waals surface area contributed by atoms with Gasteiger partial charge in [-0.3, -0.25) is 9.78 Å². The Morgan fingerprint density at radius 2 is 2.00 bits per heavy atom. The van der Waals surface area contributed by atoms with E-state index in [4.69, 9.17) is 16.0 Å². The van der Waals surface area contributed by atoms with Crippen LogP contribution in [0.3, 0.4) is 0 Å². The van der Waals surface area contributed by atoms with E-state index in [0.29, 0.717) is 28.9 Å². The molecule has 0 atom stereocenters. The van der Waals surface area contributed by atoms with Crippen LogP contribution >= 0.6 is 11.6 Å². The van der Waals surface area contributed by atoms with Crippen LogP contribution < -0.4 is 0 Å². The number of nitrogens with zero attached hydrogens (tertiary/aromatic N) is 5. The SMILES string of the molecule is CCCN(Cc1nnc(-c2ccccc2Cl)o1)C(=O)c1cnc(C)cn1. The summed E-state index contributed by atoms with van der Waals surface area (Å²) in [5.74, 6) is 0.434. The number of rotatable bonds is 6. The predicted molar refractivity (Wildman–Crippen MR) is 96.5 cm³/mol. The monoisotopic (exact) mass is 371 g/mol. The summed E-state index contributed by atoms with van der Waals surface area (Å²) in [4.78, 5) is 22.6. The van der Waals surface area contributed by atoms with Gasteiger partial charge < -0.3 is 9.32 Å². The van der Waals surface area contributed by atoms with Crippen LogP contribution in [0.2, 0.25) is 5.02 Å². The second-order valence-electron chi connectivity index (χ2n) is 5.75. The molecule has 2 aromatic heterocycles. The number of amides is 1. The third kappa shape index (κ3) is 4.05. The van der Waals surface area contributed by atoms with Crippen molar-refractivity contribution in [3.8, 4) is 11.5 Å². The van der Waals surface area contributed by atoms with Crippen LogP contribution in [0.4, 0.5) is 0 Å². The van der Waals surface area contributed by atoms with Crippen molar-refractivity contribution < 1.29 is 9.21 Å². The fourth-order valence-electron chi connectivity index (χ4n) is 2.41. The van der Waals surface area contributed by atoms with Crippen molar-refractivity contribution in [3.63, 3.8) is 0 Å². The van der Waals surface area contributed by atoms with Gasteiger partial charge in [0.2, 0.25) is 11.8 Å². The van der Waals surface area contributed by atoms with Gasteiger partial charge in [0.05, 0.1) is 29.0 Å². The molecule has 2 heterocycles. The van der Waals surface area contributed by atoms with E-state index in [9.17, 15) is 4.79 Å². The van der Waals surface area contributed by atoms with E-state index >= 15 is 0 Å². The zero-order chi connectivity index (χ0) is 18.5. The minimum absolute atomic E-state index is 0.194. The third-order valence-electron chi connectivity index (χ3n) is 3.68. The first-order chi connectivity index (χ1) is 12.6. The maximum atomic E-state index is 12.7. The molecule has 0 spiro atoms. The molecule has 0 aliphatic carbocycles. The van der Waals surface area contributed by atoms with Gasteiger partial charge in [0, 0.05) is 12.7 Å². The highest BCUT2D eigenvalue weighted by molar-refractivity contribution is 6.33.